The number of fused-ring (bicyclic) bond motifs is 6. The van der Waals surface area contributed by atoms with Crippen molar-refractivity contribution in [2.75, 3.05) is 18.5 Å². The molecule has 7 rings (SSSR count). The number of hydrogen-bond acceptors (Lipinski definition) is 16. The molecule has 1 saturated heterocycles. The first-order chi connectivity index (χ1) is 31.0. The summed E-state index contributed by atoms with van der Waals surface area (Å²) in [7, 11) is -18.9. The summed E-state index contributed by atoms with van der Waals surface area (Å²) >= 11 is 0. The predicted octanol–water partition coefficient (Wildman–Crippen LogP) is -4.07. The van der Waals surface area contributed by atoms with Crippen LogP contribution >= 0.6 is 0 Å². The Kier molecular flexibility index (Phi) is 20.2. The number of allylic oxidation sites excluding steroid dienone is 6. The third-order valence-electron chi connectivity index (χ3n) is 12.2. The second-order valence-electron chi connectivity index (χ2n) is 17.3. The van der Waals surface area contributed by atoms with Crippen LogP contribution in [-0.2, 0) is 70.5 Å². The molecule has 3 aliphatic heterocycles. The van der Waals surface area contributed by atoms with Crippen LogP contribution in [0.3, 0.4) is 0 Å². The molecule has 4 aromatic rings. The van der Waals surface area contributed by atoms with Gasteiger partial charge in [-0.15, -0.1) is 5.06 Å². The van der Waals surface area contributed by atoms with Crippen molar-refractivity contribution in [1.29, 1.82) is 0 Å². The molecule has 4 aromatic carbocycles. The third-order valence-corrected chi connectivity index (χ3v) is 15.6. The van der Waals surface area contributed by atoms with Crippen molar-refractivity contribution in [3.8, 4) is 0 Å². The summed E-state index contributed by atoms with van der Waals surface area (Å²) in [6, 6.07) is 9.31. The predicted molar refractivity (Wildman–Crippen MR) is 238 cm³/mol. The van der Waals surface area contributed by atoms with Crippen LogP contribution in [-0.4, -0.2) is 98.6 Å². The molecule has 1 fully saturated rings. The van der Waals surface area contributed by atoms with E-state index >= 15 is 0 Å². The Hall–Kier alpha value is -0.751. The molecule has 0 unspecified atom stereocenters. The van der Waals surface area contributed by atoms with Crippen LogP contribution in [0.25, 0.3) is 21.5 Å². The molecule has 0 radical (unpaired) electrons. The fourth-order valence-corrected chi connectivity index (χ4v) is 11.9. The van der Waals surface area contributed by atoms with Gasteiger partial charge in [-0.25, -0.2) is 30.0 Å². The zero-order valence-corrected chi connectivity index (χ0v) is 52.1. The van der Waals surface area contributed by atoms with Crippen molar-refractivity contribution < 1.29 is 230 Å². The Morgan fingerprint density at radius 1 is 0.700 bits per heavy atom. The summed E-state index contributed by atoms with van der Waals surface area (Å²) in [6.45, 7) is 7.54. The van der Waals surface area contributed by atoms with Crippen LogP contribution in [0.15, 0.2) is 104 Å². The summed E-state index contributed by atoms with van der Waals surface area (Å²) in [5.41, 5.74) is 1.38. The number of benzene rings is 4. The Balaban J connectivity index is 0.00000355. The summed E-state index contributed by atoms with van der Waals surface area (Å²) in [5.74, 6) is -1.96. The van der Waals surface area contributed by atoms with Crippen LogP contribution in [0.4, 0.5) is 11.4 Å². The minimum Gasteiger partial charge on any atom is -0.744 e. The van der Waals surface area contributed by atoms with E-state index in [2.05, 4.69) is 0 Å². The van der Waals surface area contributed by atoms with E-state index in [0.29, 0.717) is 76.9 Å². The fourth-order valence-electron chi connectivity index (χ4n) is 9.27. The molecule has 0 saturated carbocycles. The van der Waals surface area contributed by atoms with Gasteiger partial charge in [0, 0.05) is 71.1 Å². The summed E-state index contributed by atoms with van der Waals surface area (Å²) in [6.07, 6.45) is 9.74. The molecule has 356 valence electrons. The quantitative estimate of drug-likeness (QED) is 0.0314. The number of rotatable bonds is 14. The maximum atomic E-state index is 12.6. The molecule has 0 spiro atoms. The van der Waals surface area contributed by atoms with Gasteiger partial charge < -0.3 is 23.4 Å². The Morgan fingerprint density at radius 3 is 1.80 bits per heavy atom. The van der Waals surface area contributed by atoms with Crippen molar-refractivity contribution in [2.45, 2.75) is 96.6 Å². The molecule has 1 N–H and O–H groups in total. The molecule has 0 aliphatic carbocycles. The number of nitrogens with zero attached hydrogens (tertiary/aromatic N) is 3. The molecular weight excluding hydrogens is 1070 g/mol. The average molecular weight is 1120 g/mol. The number of carbonyl (C=O) groups excluding carboxylic acids is 3. The molecule has 3 aliphatic rings. The van der Waals surface area contributed by atoms with E-state index < -0.39 is 88.7 Å². The molecule has 70 heavy (non-hydrogen) atoms. The third kappa shape index (κ3) is 12.4. The molecule has 19 nitrogen and oxygen atoms in total. The van der Waals surface area contributed by atoms with Gasteiger partial charge in [0.25, 0.3) is 21.9 Å². The number of imide groups is 1. The molecule has 0 bridgehead atoms. The summed E-state index contributed by atoms with van der Waals surface area (Å²) < 4.78 is 147. The molecular formula is C44H43K3N3O16S4+. The second kappa shape index (κ2) is 22.8. The van der Waals surface area contributed by atoms with Crippen molar-refractivity contribution in [1.82, 2.24) is 5.06 Å². The van der Waals surface area contributed by atoms with Gasteiger partial charge in [0.05, 0.1) is 20.1 Å². The van der Waals surface area contributed by atoms with Crippen LogP contribution in [0.1, 0.15) is 77.3 Å². The number of amides is 2. The van der Waals surface area contributed by atoms with Crippen LogP contribution in [0, 0.1) is 0 Å². The SMILES string of the molecule is C[N+]1=C(/C=C/C=C/C=C2/N(CCCCCC(=O)ON3C(=O)CCC3=O)c3ccc4c(S(=O)(=O)O)cc(S(=O)(=O)[O-])cc4c3C2(C)C)C(C)(C)c2c1ccc1c(S(=O)(=O)[O-])cc(S(=O)(=O)[O-])cc21.[K+].[K+].[K+]. The summed E-state index contributed by atoms with van der Waals surface area (Å²) in [5, 5.41) is 0.587. The van der Waals surface area contributed by atoms with Crippen molar-refractivity contribution in [3.05, 3.63) is 95.7 Å². The minimum absolute atomic E-state index is 0. The maximum Gasteiger partial charge on any atom is 1.00 e. The van der Waals surface area contributed by atoms with E-state index in [1.54, 1.807) is 68.0 Å². The standard InChI is InChI=1S/C44H45N3O16S4.3K/c1-43(2)36(45(5)32-17-15-28-30(41(32)43)22-26(64(51,52)53)24-34(28)66(57,58)59)12-8-6-9-13-37-44(3,4)42-31-23-27(65(54,55)56)25-35(67(60,61)62)29(31)16-18-33(42)46(37)21-11-7-10-14-40(50)63-47-38(48)19-20-39(47)49;;;/h6,8-9,12-13,15-18,22-25H,7,10-11,14,19-21H2,1-5H3,(H3-,51,52,53,54,55,56,57,58,59,60,61,62);;;/q;3*+1/p-2. The molecule has 0 aromatic heterocycles. The molecule has 2 amide bonds. The average Bonchev–Trinajstić information content (AvgIpc) is 3.72. The zero-order chi connectivity index (χ0) is 49.4. The van der Waals surface area contributed by atoms with E-state index in [4.69, 9.17) is 4.84 Å². The van der Waals surface area contributed by atoms with E-state index in [1.165, 1.54) is 12.1 Å². The van der Waals surface area contributed by atoms with E-state index in [-0.39, 0.29) is 195 Å². The molecule has 3 heterocycles. The second-order valence-corrected chi connectivity index (χ2v) is 22.8. The first-order valence-corrected chi connectivity index (χ1v) is 26.2. The maximum absolute atomic E-state index is 12.6. The van der Waals surface area contributed by atoms with Crippen LogP contribution in [0.2, 0.25) is 0 Å². The first-order valence-electron chi connectivity index (χ1n) is 20.5. The molecule has 0 atom stereocenters. The number of unbranched alkanes of at least 4 members (excludes halogenated alkanes) is 2. The van der Waals surface area contributed by atoms with Gasteiger partial charge in [-0.1, -0.05) is 44.6 Å². The summed E-state index contributed by atoms with van der Waals surface area (Å²) in [4.78, 5) is 39.7. The largest absolute Gasteiger partial charge is 1.00 e. The van der Waals surface area contributed by atoms with Gasteiger partial charge in [0.2, 0.25) is 5.69 Å². The Labute approximate surface area is 533 Å². The topological polar surface area (TPSA) is 296 Å². The van der Waals surface area contributed by atoms with Gasteiger partial charge >= 0.3 is 160 Å². The van der Waals surface area contributed by atoms with Gasteiger partial charge in [-0.2, -0.15) is 13.0 Å². The van der Waals surface area contributed by atoms with Crippen molar-refractivity contribution >= 4 is 96.9 Å². The van der Waals surface area contributed by atoms with Crippen LogP contribution in [0.5, 0.6) is 0 Å². The van der Waals surface area contributed by atoms with Crippen molar-refractivity contribution in [3.63, 3.8) is 0 Å². The number of carbonyl (C=O) groups is 3. The van der Waals surface area contributed by atoms with Gasteiger partial charge in [-0.05, 0) is 85.5 Å². The zero-order valence-electron chi connectivity index (χ0n) is 39.5. The number of hydrogen-bond donors (Lipinski definition) is 1. The number of anilines is 1. The number of hydroxylamine groups is 2. The van der Waals surface area contributed by atoms with E-state index in [9.17, 15) is 66.3 Å². The van der Waals surface area contributed by atoms with E-state index in [0.717, 1.165) is 12.1 Å². The van der Waals surface area contributed by atoms with Gasteiger partial charge in [0.15, 0.2) is 5.71 Å². The fraction of sp³-hybridized carbons (Fsp3) is 0.318. The van der Waals surface area contributed by atoms with Crippen molar-refractivity contribution in [2.24, 2.45) is 0 Å². The minimum atomic E-state index is -5.21. The normalized spacial score (nSPS) is 17.4. The Morgan fingerprint density at radius 2 is 1.24 bits per heavy atom. The van der Waals surface area contributed by atoms with Gasteiger partial charge in [-0.3, -0.25) is 14.1 Å². The molecule has 26 heteroatoms. The Bertz CT molecular complexity index is 3450. The first kappa shape index (κ1) is 61.8. The monoisotopic (exact) mass is 1110 g/mol. The van der Waals surface area contributed by atoms with Gasteiger partial charge in [0.1, 0.15) is 42.3 Å². The van der Waals surface area contributed by atoms with Crippen LogP contribution < -0.4 is 159 Å². The smallest absolute Gasteiger partial charge is 0.744 e. The van der Waals surface area contributed by atoms with E-state index in [1.807, 2.05) is 18.7 Å².